The predicted octanol–water partition coefficient (Wildman–Crippen LogP) is 1.89. The van der Waals surface area contributed by atoms with Crippen molar-refractivity contribution < 1.29 is 9.90 Å². The summed E-state index contributed by atoms with van der Waals surface area (Å²) in [5, 5.41) is 9.40. The molecule has 0 aliphatic carbocycles. The Kier molecular flexibility index (Phi) is 3.48. The molecular formula is C12H17NO2. The van der Waals surface area contributed by atoms with E-state index in [1.54, 1.807) is 19.1 Å². The number of phenolic OH excluding ortho intramolecular Hbond substituents is 1. The number of likely N-dealkylation sites (N-methyl/N-ethyl adjacent to an activating group) is 1. The smallest absolute Gasteiger partial charge is 0.151 e. The van der Waals surface area contributed by atoms with Crippen molar-refractivity contribution in [3.63, 3.8) is 0 Å². The van der Waals surface area contributed by atoms with E-state index in [0.29, 0.717) is 0 Å². The van der Waals surface area contributed by atoms with E-state index in [1.807, 2.05) is 32.0 Å². The van der Waals surface area contributed by atoms with Gasteiger partial charge in [0.1, 0.15) is 5.75 Å². The molecule has 0 fully saturated rings. The van der Waals surface area contributed by atoms with Crippen LogP contribution in [-0.2, 0) is 4.79 Å². The van der Waals surface area contributed by atoms with Crippen molar-refractivity contribution in [3.8, 4) is 5.75 Å². The summed E-state index contributed by atoms with van der Waals surface area (Å²) < 4.78 is 0. The maximum absolute atomic E-state index is 11.5. The topological polar surface area (TPSA) is 40.5 Å². The van der Waals surface area contributed by atoms with Crippen molar-refractivity contribution in [2.45, 2.75) is 19.9 Å². The van der Waals surface area contributed by atoms with Gasteiger partial charge in [-0.1, -0.05) is 12.1 Å². The van der Waals surface area contributed by atoms with Gasteiger partial charge in [0.15, 0.2) is 5.78 Å². The van der Waals surface area contributed by atoms with Gasteiger partial charge < -0.3 is 5.11 Å². The van der Waals surface area contributed by atoms with Crippen molar-refractivity contribution in [1.82, 2.24) is 4.90 Å². The van der Waals surface area contributed by atoms with Crippen molar-refractivity contribution in [2.75, 3.05) is 14.1 Å². The van der Waals surface area contributed by atoms with E-state index in [9.17, 15) is 9.90 Å². The lowest BCUT2D eigenvalue weighted by molar-refractivity contribution is -0.121. The van der Waals surface area contributed by atoms with Crippen molar-refractivity contribution >= 4 is 5.78 Å². The molecule has 3 heteroatoms. The number of nitrogens with zero attached hydrogens (tertiary/aromatic N) is 1. The van der Waals surface area contributed by atoms with E-state index in [2.05, 4.69) is 0 Å². The molecule has 1 unspecified atom stereocenters. The molecule has 0 heterocycles. The van der Waals surface area contributed by atoms with Gasteiger partial charge in [-0.3, -0.25) is 9.69 Å². The first kappa shape index (κ1) is 11.7. The lowest BCUT2D eigenvalue weighted by Gasteiger charge is -2.22. The molecule has 0 aliphatic heterocycles. The normalized spacial score (nSPS) is 12.9. The van der Waals surface area contributed by atoms with Gasteiger partial charge in [0.2, 0.25) is 0 Å². The Morgan fingerprint density at radius 3 is 2.40 bits per heavy atom. The number of carbonyl (C=O) groups is 1. The van der Waals surface area contributed by atoms with E-state index in [1.165, 1.54) is 0 Å². The molecule has 1 rings (SSSR count). The molecule has 1 atom stereocenters. The Labute approximate surface area is 90.3 Å². The zero-order chi connectivity index (χ0) is 11.6. The van der Waals surface area contributed by atoms with Crippen molar-refractivity contribution in [3.05, 3.63) is 29.3 Å². The van der Waals surface area contributed by atoms with Crippen LogP contribution >= 0.6 is 0 Å². The van der Waals surface area contributed by atoms with Gasteiger partial charge >= 0.3 is 0 Å². The highest BCUT2D eigenvalue weighted by Crippen LogP contribution is 2.24. The molecule has 1 aromatic rings. The second-order valence-electron chi connectivity index (χ2n) is 4.02. The number of carbonyl (C=O) groups excluding carboxylic acids is 1. The molecule has 0 aliphatic rings. The lowest BCUT2D eigenvalue weighted by atomic mass is 10.0. The molecule has 1 aromatic carbocycles. The molecular weight excluding hydrogens is 190 g/mol. The molecule has 0 bridgehead atoms. The number of aromatic hydroxyl groups is 1. The summed E-state index contributed by atoms with van der Waals surface area (Å²) in [6.45, 7) is 3.40. The van der Waals surface area contributed by atoms with Gasteiger partial charge in [0, 0.05) is 0 Å². The third-order valence-electron chi connectivity index (χ3n) is 2.44. The van der Waals surface area contributed by atoms with E-state index < -0.39 is 0 Å². The highest BCUT2D eigenvalue weighted by molar-refractivity contribution is 5.83. The van der Waals surface area contributed by atoms with E-state index in [-0.39, 0.29) is 17.6 Å². The number of rotatable bonds is 3. The molecule has 0 amide bonds. The van der Waals surface area contributed by atoms with E-state index in [0.717, 1.165) is 11.1 Å². The molecule has 0 saturated carbocycles. The van der Waals surface area contributed by atoms with Crippen LogP contribution < -0.4 is 0 Å². The zero-order valence-electron chi connectivity index (χ0n) is 9.61. The Bertz CT molecular complexity index is 372. The summed E-state index contributed by atoms with van der Waals surface area (Å²) in [6.07, 6.45) is 0. The molecule has 3 nitrogen and oxygen atoms in total. The maximum Gasteiger partial charge on any atom is 0.151 e. The van der Waals surface area contributed by atoms with Crippen LogP contribution in [-0.4, -0.2) is 29.9 Å². The first-order valence-electron chi connectivity index (χ1n) is 4.90. The van der Waals surface area contributed by atoms with Crippen molar-refractivity contribution in [2.24, 2.45) is 0 Å². The van der Waals surface area contributed by atoms with Crippen LogP contribution in [0.3, 0.4) is 0 Å². The van der Waals surface area contributed by atoms with Gasteiger partial charge in [0.25, 0.3) is 0 Å². The highest BCUT2D eigenvalue weighted by Gasteiger charge is 2.19. The number of ketones is 1. The molecule has 0 aromatic heterocycles. The van der Waals surface area contributed by atoms with Crippen LogP contribution in [0.15, 0.2) is 18.2 Å². The third-order valence-corrected chi connectivity index (χ3v) is 2.44. The van der Waals surface area contributed by atoms with Crippen LogP contribution in [0.1, 0.15) is 24.1 Å². The summed E-state index contributed by atoms with van der Waals surface area (Å²) in [5.74, 6) is 0.366. The van der Waals surface area contributed by atoms with Crippen LogP contribution in [0.25, 0.3) is 0 Å². The number of Topliss-reactive ketones (excluding diaryl/α,β-unsaturated/α-hetero) is 1. The Balaban J connectivity index is 3.12. The Morgan fingerprint density at radius 1 is 1.40 bits per heavy atom. The molecule has 0 radical (unpaired) electrons. The number of phenols is 1. The van der Waals surface area contributed by atoms with Crippen molar-refractivity contribution in [1.29, 1.82) is 0 Å². The summed E-state index contributed by atoms with van der Waals surface area (Å²) in [4.78, 5) is 13.3. The summed E-state index contributed by atoms with van der Waals surface area (Å²) >= 11 is 0. The van der Waals surface area contributed by atoms with Crippen LogP contribution in [0, 0.1) is 6.92 Å². The lowest BCUT2D eigenvalue weighted by Crippen LogP contribution is -2.25. The van der Waals surface area contributed by atoms with Crippen LogP contribution in [0.4, 0.5) is 0 Å². The minimum absolute atomic E-state index is 0.102. The molecule has 82 valence electrons. The predicted molar refractivity (Wildman–Crippen MR) is 60.0 cm³/mol. The zero-order valence-corrected chi connectivity index (χ0v) is 9.61. The number of hydrogen-bond acceptors (Lipinski definition) is 3. The van der Waals surface area contributed by atoms with Gasteiger partial charge in [-0.2, -0.15) is 0 Å². The summed E-state index contributed by atoms with van der Waals surface area (Å²) in [5.41, 5.74) is 1.71. The summed E-state index contributed by atoms with van der Waals surface area (Å²) in [6, 6.07) is 5.03. The largest absolute Gasteiger partial charge is 0.508 e. The van der Waals surface area contributed by atoms with Gasteiger partial charge in [-0.05, 0) is 45.1 Å². The Morgan fingerprint density at radius 2 is 2.00 bits per heavy atom. The average Bonchev–Trinajstić information content (AvgIpc) is 2.10. The average molecular weight is 207 g/mol. The summed E-state index contributed by atoms with van der Waals surface area (Å²) in [7, 11) is 3.74. The fourth-order valence-electron chi connectivity index (χ4n) is 1.75. The van der Waals surface area contributed by atoms with Gasteiger partial charge in [-0.25, -0.2) is 0 Å². The molecule has 0 saturated heterocycles. The second-order valence-corrected chi connectivity index (χ2v) is 4.02. The van der Waals surface area contributed by atoms with E-state index in [4.69, 9.17) is 0 Å². The van der Waals surface area contributed by atoms with E-state index >= 15 is 0 Å². The van der Waals surface area contributed by atoms with Crippen LogP contribution in [0.2, 0.25) is 0 Å². The SMILES string of the molecule is CC(=O)C(c1ccc(O)c(C)c1)N(C)C. The third kappa shape index (κ3) is 2.57. The number of aryl methyl sites for hydroxylation is 1. The quantitative estimate of drug-likeness (QED) is 0.822. The first-order chi connectivity index (χ1) is 6.93. The highest BCUT2D eigenvalue weighted by atomic mass is 16.3. The fraction of sp³-hybridized carbons (Fsp3) is 0.417. The fourth-order valence-corrected chi connectivity index (χ4v) is 1.75. The number of benzene rings is 1. The van der Waals surface area contributed by atoms with Gasteiger partial charge in [-0.15, -0.1) is 0 Å². The molecule has 15 heavy (non-hydrogen) atoms. The standard InChI is InChI=1S/C12H17NO2/c1-8-7-10(5-6-11(8)15)12(9(2)14)13(3)4/h5-7,12,15H,1-4H3. The Hall–Kier alpha value is -1.35. The van der Waals surface area contributed by atoms with Crippen LogP contribution in [0.5, 0.6) is 5.75 Å². The van der Waals surface area contributed by atoms with Gasteiger partial charge in [0.05, 0.1) is 6.04 Å². The maximum atomic E-state index is 11.5. The number of hydrogen-bond donors (Lipinski definition) is 1. The second kappa shape index (κ2) is 4.45. The first-order valence-corrected chi connectivity index (χ1v) is 4.90. The monoisotopic (exact) mass is 207 g/mol. The minimum atomic E-state index is -0.232. The molecule has 0 spiro atoms. The molecule has 1 N–H and O–H groups in total. The minimum Gasteiger partial charge on any atom is -0.508 e.